The van der Waals surface area contributed by atoms with Crippen LogP contribution in [0.25, 0.3) is 16.3 Å². The Bertz CT molecular complexity index is 1340. The molecule has 1 N–H and O–H groups in total. The highest BCUT2D eigenvalue weighted by atomic mass is 35.5. The number of halogens is 2. The number of nitrogens with zero attached hydrogens (tertiary/aromatic N) is 3. The van der Waals surface area contributed by atoms with E-state index in [1.807, 2.05) is 48.7 Å². The standard InChI is InChI=1S/C23H16ClFN4OS2/c1-13-19(22-27-21(28-30-22)18-9-4-10-32-18)20(14-5-2-6-15(24)11-14)26-23(31)29(13)17-8-3-7-16(25)12-17/h2-12,20H,1H3,(H,26,31). The summed E-state index contributed by atoms with van der Waals surface area (Å²) in [5, 5.41) is 10.5. The summed E-state index contributed by atoms with van der Waals surface area (Å²) in [4.78, 5) is 7.32. The molecule has 3 heterocycles. The molecule has 0 saturated carbocycles. The van der Waals surface area contributed by atoms with Crippen LogP contribution >= 0.6 is 35.2 Å². The highest BCUT2D eigenvalue weighted by molar-refractivity contribution is 7.80. The van der Waals surface area contributed by atoms with Gasteiger partial charge in [0.1, 0.15) is 5.82 Å². The third-order valence-corrected chi connectivity index (χ3v) is 6.53. The maximum absolute atomic E-state index is 14.0. The molecule has 1 unspecified atom stereocenters. The third kappa shape index (κ3) is 3.81. The fraction of sp³-hybridized carbons (Fsp3) is 0.0870. The van der Waals surface area contributed by atoms with E-state index in [4.69, 9.17) is 28.3 Å². The van der Waals surface area contributed by atoms with Crippen molar-refractivity contribution in [3.8, 4) is 10.7 Å². The maximum atomic E-state index is 14.0. The molecule has 2 aromatic carbocycles. The minimum atomic E-state index is -0.373. The van der Waals surface area contributed by atoms with E-state index >= 15 is 0 Å². The molecule has 2 aromatic heterocycles. The molecule has 32 heavy (non-hydrogen) atoms. The summed E-state index contributed by atoms with van der Waals surface area (Å²) in [5.74, 6) is 0.507. The van der Waals surface area contributed by atoms with Crippen molar-refractivity contribution in [3.63, 3.8) is 0 Å². The van der Waals surface area contributed by atoms with Crippen LogP contribution in [0.15, 0.2) is 76.3 Å². The summed E-state index contributed by atoms with van der Waals surface area (Å²) in [5.41, 5.74) is 2.98. The van der Waals surface area contributed by atoms with E-state index in [0.717, 1.165) is 21.7 Å². The predicted octanol–water partition coefficient (Wildman–Crippen LogP) is 6.46. The lowest BCUT2D eigenvalue weighted by atomic mass is 9.94. The zero-order valence-electron chi connectivity index (χ0n) is 16.8. The third-order valence-electron chi connectivity index (χ3n) is 5.13. The molecule has 1 aliphatic heterocycles. The topological polar surface area (TPSA) is 54.2 Å². The van der Waals surface area contributed by atoms with Gasteiger partial charge in [0.2, 0.25) is 5.82 Å². The Morgan fingerprint density at radius 1 is 1.16 bits per heavy atom. The summed E-state index contributed by atoms with van der Waals surface area (Å²) >= 11 is 13.5. The van der Waals surface area contributed by atoms with E-state index in [1.165, 1.54) is 23.5 Å². The van der Waals surface area contributed by atoms with Crippen LogP contribution in [-0.4, -0.2) is 15.3 Å². The Labute approximate surface area is 198 Å². The van der Waals surface area contributed by atoms with Crippen LogP contribution in [0.2, 0.25) is 5.02 Å². The second kappa shape index (κ2) is 8.46. The van der Waals surface area contributed by atoms with Gasteiger partial charge in [-0.15, -0.1) is 11.3 Å². The average Bonchev–Trinajstić information content (AvgIpc) is 3.45. The van der Waals surface area contributed by atoms with Gasteiger partial charge >= 0.3 is 0 Å². The van der Waals surface area contributed by atoms with E-state index in [2.05, 4.69) is 15.5 Å². The van der Waals surface area contributed by atoms with Gasteiger partial charge in [-0.25, -0.2) is 4.39 Å². The van der Waals surface area contributed by atoms with Crippen molar-refractivity contribution in [3.05, 3.63) is 94.0 Å². The van der Waals surface area contributed by atoms with Crippen molar-refractivity contribution in [2.75, 3.05) is 4.90 Å². The number of nitrogens with one attached hydrogen (secondary N) is 1. The number of thiophene rings is 1. The minimum absolute atomic E-state index is 0.352. The lowest BCUT2D eigenvalue weighted by Gasteiger charge is -2.37. The van der Waals surface area contributed by atoms with Crippen LogP contribution in [0, 0.1) is 5.82 Å². The highest BCUT2D eigenvalue weighted by Gasteiger charge is 2.35. The minimum Gasteiger partial charge on any atom is -0.351 e. The molecule has 0 spiro atoms. The first-order valence-electron chi connectivity index (χ1n) is 9.71. The van der Waals surface area contributed by atoms with Crippen LogP contribution < -0.4 is 10.2 Å². The Kier molecular flexibility index (Phi) is 5.50. The van der Waals surface area contributed by atoms with E-state index in [9.17, 15) is 4.39 Å². The van der Waals surface area contributed by atoms with Crippen LogP contribution in [0.3, 0.4) is 0 Å². The molecule has 1 aliphatic rings. The average molecular weight is 483 g/mol. The number of aromatic nitrogens is 2. The van der Waals surface area contributed by atoms with E-state index in [0.29, 0.717) is 27.5 Å². The van der Waals surface area contributed by atoms with Crippen LogP contribution in [-0.2, 0) is 0 Å². The number of hydrogen-bond donors (Lipinski definition) is 1. The zero-order valence-corrected chi connectivity index (χ0v) is 19.1. The van der Waals surface area contributed by atoms with Crippen molar-refractivity contribution in [1.82, 2.24) is 15.5 Å². The second-order valence-electron chi connectivity index (χ2n) is 7.15. The van der Waals surface area contributed by atoms with Gasteiger partial charge in [0.15, 0.2) is 5.11 Å². The number of anilines is 1. The molecule has 0 aliphatic carbocycles. The largest absolute Gasteiger partial charge is 0.351 e. The Hall–Kier alpha value is -3.07. The van der Waals surface area contributed by atoms with Crippen molar-refractivity contribution in [2.24, 2.45) is 0 Å². The van der Waals surface area contributed by atoms with Crippen LogP contribution in [0.4, 0.5) is 10.1 Å². The van der Waals surface area contributed by atoms with E-state index in [-0.39, 0.29) is 11.9 Å². The van der Waals surface area contributed by atoms with Gasteiger partial charge in [-0.3, -0.25) is 4.90 Å². The molecular weight excluding hydrogens is 467 g/mol. The van der Waals surface area contributed by atoms with E-state index in [1.54, 1.807) is 17.0 Å². The molecule has 160 valence electrons. The summed E-state index contributed by atoms with van der Waals surface area (Å²) in [6.45, 7) is 1.90. The van der Waals surface area contributed by atoms with Crippen molar-refractivity contribution >= 4 is 51.5 Å². The molecule has 0 radical (unpaired) electrons. The monoisotopic (exact) mass is 482 g/mol. The molecule has 9 heteroatoms. The molecule has 0 fully saturated rings. The Balaban J connectivity index is 1.68. The van der Waals surface area contributed by atoms with Crippen molar-refractivity contribution in [1.29, 1.82) is 0 Å². The smallest absolute Gasteiger partial charge is 0.258 e. The molecule has 5 nitrogen and oxygen atoms in total. The summed E-state index contributed by atoms with van der Waals surface area (Å²) < 4.78 is 19.7. The normalized spacial score (nSPS) is 16.4. The molecule has 4 aromatic rings. The number of hydrogen-bond acceptors (Lipinski definition) is 5. The van der Waals surface area contributed by atoms with E-state index < -0.39 is 0 Å². The van der Waals surface area contributed by atoms with Gasteiger partial charge in [0.05, 0.1) is 22.2 Å². The van der Waals surface area contributed by atoms with Gasteiger partial charge < -0.3 is 9.84 Å². The lowest BCUT2D eigenvalue weighted by Crippen LogP contribution is -2.46. The maximum Gasteiger partial charge on any atom is 0.258 e. The zero-order chi connectivity index (χ0) is 22.2. The number of rotatable bonds is 4. The summed E-state index contributed by atoms with van der Waals surface area (Å²) in [7, 11) is 0. The SMILES string of the molecule is CC1=C(c2nc(-c3cccs3)no2)C(c2cccc(Cl)c2)NC(=S)N1c1cccc(F)c1. The van der Waals surface area contributed by atoms with Crippen LogP contribution in [0.5, 0.6) is 0 Å². The van der Waals surface area contributed by atoms with Gasteiger partial charge in [0, 0.05) is 10.7 Å². The van der Waals surface area contributed by atoms with Gasteiger partial charge in [-0.2, -0.15) is 4.98 Å². The number of benzene rings is 2. The first-order chi connectivity index (χ1) is 15.5. The number of thiocarbonyl (C=S) groups is 1. The van der Waals surface area contributed by atoms with Crippen molar-refractivity contribution < 1.29 is 8.91 Å². The molecule has 5 rings (SSSR count). The second-order valence-corrected chi connectivity index (χ2v) is 8.92. The first kappa shape index (κ1) is 20.8. The highest BCUT2D eigenvalue weighted by Crippen LogP contribution is 2.40. The van der Waals surface area contributed by atoms with Gasteiger partial charge in [-0.1, -0.05) is 41.0 Å². The molecule has 0 saturated heterocycles. The van der Waals surface area contributed by atoms with Crippen molar-refractivity contribution in [2.45, 2.75) is 13.0 Å². The fourth-order valence-corrected chi connectivity index (χ4v) is 4.93. The Morgan fingerprint density at radius 2 is 2.00 bits per heavy atom. The quantitative estimate of drug-likeness (QED) is 0.337. The Morgan fingerprint density at radius 3 is 2.75 bits per heavy atom. The molecule has 0 amide bonds. The molecule has 1 atom stereocenters. The van der Waals surface area contributed by atoms with Crippen LogP contribution in [0.1, 0.15) is 24.4 Å². The number of allylic oxidation sites excluding steroid dienone is 1. The summed E-state index contributed by atoms with van der Waals surface area (Å²) in [6.07, 6.45) is 0. The lowest BCUT2D eigenvalue weighted by molar-refractivity contribution is 0.404. The van der Waals surface area contributed by atoms with Gasteiger partial charge in [-0.05, 0) is 66.5 Å². The van der Waals surface area contributed by atoms with Gasteiger partial charge in [0.25, 0.3) is 5.89 Å². The summed E-state index contributed by atoms with van der Waals surface area (Å²) in [6, 6.07) is 17.3. The molecule has 0 bridgehead atoms. The molecular formula is C23H16ClFN4OS2. The fourth-order valence-electron chi connectivity index (χ4n) is 3.72. The predicted molar refractivity (Wildman–Crippen MR) is 129 cm³/mol. The first-order valence-corrected chi connectivity index (χ1v) is 11.4.